The number of hydrogen-bond donors (Lipinski definition) is 2. The maximum absolute atomic E-state index is 12.9. The standard InChI is InChI=1S/C12H13F3N4/c1-7-11(6-19(2)18-7)17-10-4-3-8(16)5-9(10)12(13,14)15/h3-6,17H,16H2,1-2H3. The van der Waals surface area contributed by atoms with Gasteiger partial charge in [0, 0.05) is 18.9 Å². The largest absolute Gasteiger partial charge is 0.418 e. The Balaban J connectivity index is 2.43. The molecule has 2 rings (SSSR count). The maximum Gasteiger partial charge on any atom is 0.418 e. The summed E-state index contributed by atoms with van der Waals surface area (Å²) in [5, 5.41) is 6.80. The van der Waals surface area contributed by atoms with Crippen LogP contribution in [0, 0.1) is 6.92 Å². The van der Waals surface area contributed by atoms with E-state index in [1.165, 1.54) is 16.8 Å². The van der Waals surface area contributed by atoms with Crippen LogP contribution in [0.2, 0.25) is 0 Å². The number of aryl methyl sites for hydroxylation is 2. The number of nitrogens with two attached hydrogens (primary N) is 1. The molecule has 0 aliphatic heterocycles. The van der Waals surface area contributed by atoms with Crippen LogP contribution in [0.1, 0.15) is 11.3 Å². The number of halogens is 3. The van der Waals surface area contributed by atoms with Crippen molar-refractivity contribution in [3.8, 4) is 0 Å². The Kier molecular flexibility index (Phi) is 3.13. The molecule has 1 heterocycles. The van der Waals surface area contributed by atoms with Crippen molar-refractivity contribution in [1.82, 2.24) is 9.78 Å². The predicted octanol–water partition coefficient (Wildman–Crippen LogP) is 3.07. The fourth-order valence-electron chi connectivity index (χ4n) is 1.77. The van der Waals surface area contributed by atoms with Gasteiger partial charge in [-0.3, -0.25) is 4.68 Å². The molecule has 0 radical (unpaired) electrons. The highest BCUT2D eigenvalue weighted by Crippen LogP contribution is 2.37. The van der Waals surface area contributed by atoms with Gasteiger partial charge in [0.25, 0.3) is 0 Å². The van der Waals surface area contributed by atoms with E-state index in [4.69, 9.17) is 5.73 Å². The molecule has 0 fully saturated rings. The molecule has 1 aromatic carbocycles. The van der Waals surface area contributed by atoms with Gasteiger partial charge in [0.2, 0.25) is 0 Å². The lowest BCUT2D eigenvalue weighted by Crippen LogP contribution is -2.09. The van der Waals surface area contributed by atoms with Crippen LogP contribution in [0.3, 0.4) is 0 Å². The van der Waals surface area contributed by atoms with E-state index in [0.29, 0.717) is 11.4 Å². The second-order valence-corrected chi connectivity index (χ2v) is 4.23. The van der Waals surface area contributed by atoms with Crippen molar-refractivity contribution >= 4 is 17.1 Å². The van der Waals surface area contributed by atoms with Crippen molar-refractivity contribution in [3.05, 3.63) is 35.7 Å². The summed E-state index contributed by atoms with van der Waals surface area (Å²) in [5.41, 5.74) is 5.78. The van der Waals surface area contributed by atoms with Crippen LogP contribution in [-0.2, 0) is 13.2 Å². The molecular formula is C12H13F3N4. The molecule has 0 aliphatic carbocycles. The number of nitrogens with zero attached hydrogens (tertiary/aromatic N) is 2. The second kappa shape index (κ2) is 4.49. The number of anilines is 3. The highest BCUT2D eigenvalue weighted by atomic mass is 19.4. The van der Waals surface area contributed by atoms with E-state index in [0.717, 1.165) is 6.07 Å². The Hall–Kier alpha value is -2.18. The van der Waals surface area contributed by atoms with Gasteiger partial charge in [0.1, 0.15) is 0 Å². The Bertz CT molecular complexity index is 602. The zero-order valence-electron chi connectivity index (χ0n) is 10.4. The van der Waals surface area contributed by atoms with Gasteiger partial charge >= 0.3 is 6.18 Å². The third-order valence-corrected chi connectivity index (χ3v) is 2.63. The SMILES string of the molecule is Cc1nn(C)cc1Nc1ccc(N)cc1C(F)(F)F. The van der Waals surface area contributed by atoms with Gasteiger partial charge in [0.15, 0.2) is 0 Å². The molecule has 102 valence electrons. The molecule has 19 heavy (non-hydrogen) atoms. The summed E-state index contributed by atoms with van der Waals surface area (Å²) in [6.45, 7) is 1.72. The van der Waals surface area contributed by atoms with E-state index in [2.05, 4.69) is 10.4 Å². The monoisotopic (exact) mass is 270 g/mol. The van der Waals surface area contributed by atoms with Crippen molar-refractivity contribution in [3.63, 3.8) is 0 Å². The summed E-state index contributed by atoms with van der Waals surface area (Å²) in [7, 11) is 1.70. The molecule has 0 amide bonds. The van der Waals surface area contributed by atoms with Crippen LogP contribution in [0.15, 0.2) is 24.4 Å². The van der Waals surface area contributed by atoms with E-state index in [1.54, 1.807) is 20.2 Å². The first-order valence-electron chi connectivity index (χ1n) is 5.51. The number of nitrogens with one attached hydrogen (secondary N) is 1. The molecule has 0 saturated heterocycles. The van der Waals surface area contributed by atoms with Gasteiger partial charge in [-0.1, -0.05) is 0 Å². The first-order chi connectivity index (χ1) is 8.77. The fraction of sp³-hybridized carbons (Fsp3) is 0.250. The van der Waals surface area contributed by atoms with Gasteiger partial charge < -0.3 is 11.1 Å². The maximum atomic E-state index is 12.9. The lowest BCUT2D eigenvalue weighted by molar-refractivity contribution is -0.136. The molecule has 0 saturated carbocycles. The second-order valence-electron chi connectivity index (χ2n) is 4.23. The number of benzene rings is 1. The number of aromatic nitrogens is 2. The molecule has 0 unspecified atom stereocenters. The first-order valence-corrected chi connectivity index (χ1v) is 5.51. The number of alkyl halides is 3. The fourth-order valence-corrected chi connectivity index (χ4v) is 1.77. The zero-order valence-corrected chi connectivity index (χ0v) is 10.4. The van der Waals surface area contributed by atoms with Crippen LogP contribution in [0.5, 0.6) is 0 Å². The number of hydrogen-bond acceptors (Lipinski definition) is 3. The minimum absolute atomic E-state index is 0.0437. The van der Waals surface area contributed by atoms with Gasteiger partial charge in [-0.05, 0) is 25.1 Å². The molecule has 0 bridgehead atoms. The summed E-state index contributed by atoms with van der Waals surface area (Å²) in [4.78, 5) is 0. The first kappa shape index (κ1) is 13.3. The average molecular weight is 270 g/mol. The molecule has 4 nitrogen and oxygen atoms in total. The van der Waals surface area contributed by atoms with Crippen LogP contribution in [0.25, 0.3) is 0 Å². The lowest BCUT2D eigenvalue weighted by atomic mass is 10.1. The lowest BCUT2D eigenvalue weighted by Gasteiger charge is -2.14. The molecular weight excluding hydrogens is 257 g/mol. The molecule has 7 heteroatoms. The van der Waals surface area contributed by atoms with E-state index in [1.807, 2.05) is 0 Å². The van der Waals surface area contributed by atoms with Gasteiger partial charge in [-0.2, -0.15) is 18.3 Å². The van der Waals surface area contributed by atoms with Gasteiger partial charge in [-0.15, -0.1) is 0 Å². The van der Waals surface area contributed by atoms with E-state index in [9.17, 15) is 13.2 Å². The highest BCUT2D eigenvalue weighted by molar-refractivity contribution is 5.67. The molecule has 0 atom stereocenters. The van der Waals surface area contributed by atoms with Crippen LogP contribution in [0.4, 0.5) is 30.2 Å². The van der Waals surface area contributed by atoms with Gasteiger partial charge in [0.05, 0.1) is 22.6 Å². The average Bonchev–Trinajstić information content (AvgIpc) is 2.58. The Morgan fingerprint density at radius 3 is 2.47 bits per heavy atom. The normalized spacial score (nSPS) is 11.6. The van der Waals surface area contributed by atoms with E-state index >= 15 is 0 Å². The molecule has 3 N–H and O–H groups in total. The Morgan fingerprint density at radius 2 is 1.95 bits per heavy atom. The molecule has 1 aromatic heterocycles. The summed E-state index contributed by atoms with van der Waals surface area (Å²) in [6.07, 6.45) is -2.85. The van der Waals surface area contributed by atoms with Crippen molar-refractivity contribution in [2.45, 2.75) is 13.1 Å². The quantitative estimate of drug-likeness (QED) is 0.824. The Labute approximate surface area is 108 Å². The Morgan fingerprint density at radius 1 is 1.26 bits per heavy atom. The van der Waals surface area contributed by atoms with Crippen LogP contribution in [-0.4, -0.2) is 9.78 Å². The molecule has 0 aliphatic rings. The third kappa shape index (κ3) is 2.81. The number of nitrogen functional groups attached to an aromatic ring is 1. The smallest absolute Gasteiger partial charge is 0.399 e. The van der Waals surface area contributed by atoms with Gasteiger partial charge in [-0.25, -0.2) is 0 Å². The van der Waals surface area contributed by atoms with Crippen molar-refractivity contribution in [2.24, 2.45) is 7.05 Å². The summed E-state index contributed by atoms with van der Waals surface area (Å²) in [6, 6.07) is 3.64. The summed E-state index contributed by atoms with van der Waals surface area (Å²) >= 11 is 0. The van der Waals surface area contributed by atoms with Crippen LogP contribution < -0.4 is 11.1 Å². The predicted molar refractivity (Wildman–Crippen MR) is 67.1 cm³/mol. The zero-order chi connectivity index (χ0) is 14.2. The molecule has 0 spiro atoms. The van der Waals surface area contributed by atoms with Crippen molar-refractivity contribution < 1.29 is 13.2 Å². The summed E-state index contributed by atoms with van der Waals surface area (Å²) in [5.74, 6) is 0. The number of rotatable bonds is 2. The minimum atomic E-state index is -4.46. The van der Waals surface area contributed by atoms with Crippen molar-refractivity contribution in [1.29, 1.82) is 0 Å². The van der Waals surface area contributed by atoms with Crippen molar-refractivity contribution in [2.75, 3.05) is 11.1 Å². The van der Waals surface area contributed by atoms with Crippen LogP contribution >= 0.6 is 0 Å². The third-order valence-electron chi connectivity index (χ3n) is 2.63. The summed E-state index contributed by atoms with van der Waals surface area (Å²) < 4.78 is 40.3. The highest BCUT2D eigenvalue weighted by Gasteiger charge is 2.33. The van der Waals surface area contributed by atoms with E-state index < -0.39 is 11.7 Å². The minimum Gasteiger partial charge on any atom is -0.399 e. The molecule has 2 aromatic rings. The van der Waals surface area contributed by atoms with E-state index in [-0.39, 0.29) is 11.4 Å². The topological polar surface area (TPSA) is 55.9 Å².